The van der Waals surface area contributed by atoms with Gasteiger partial charge >= 0.3 is 13.0 Å². The van der Waals surface area contributed by atoms with E-state index in [9.17, 15) is 0 Å². The summed E-state index contributed by atoms with van der Waals surface area (Å²) in [5.74, 6) is 0.551. The van der Waals surface area contributed by atoms with Crippen molar-refractivity contribution in [2.75, 3.05) is 0 Å². The number of nitrogens with zero attached hydrogens (tertiary/aromatic N) is 2. The normalized spacial score (nSPS) is 22.5. The molecular formula is C11H15BN2O3. The van der Waals surface area contributed by atoms with Crippen LogP contribution in [-0.4, -0.2) is 27.7 Å². The lowest BCUT2D eigenvalue weighted by molar-refractivity contribution is 0.00578. The number of rotatable bonds is 1. The molecule has 17 heavy (non-hydrogen) atoms. The van der Waals surface area contributed by atoms with Crippen LogP contribution in [0, 0.1) is 0 Å². The maximum Gasteiger partial charge on any atom is 0.514 e. The molecule has 0 bridgehead atoms. The molecule has 2 aromatic heterocycles. The standard InChI is InChI=1S/C11H15BN2O3/c1-10(2)11(3,4)17-12(16-10)8-7-13-9-14(8)5-6-15-9/h5-7H,1-4H3. The minimum atomic E-state index is -0.410. The Balaban J connectivity index is 2.01. The Hall–Kier alpha value is -1.27. The fraction of sp³-hybridized carbons (Fsp3) is 0.545. The molecule has 0 atom stereocenters. The quantitative estimate of drug-likeness (QED) is 0.696. The molecular weight excluding hydrogens is 219 g/mol. The summed E-state index contributed by atoms with van der Waals surface area (Å²) in [6.07, 6.45) is 5.13. The first-order valence-corrected chi connectivity index (χ1v) is 5.67. The first-order valence-electron chi connectivity index (χ1n) is 5.67. The van der Waals surface area contributed by atoms with Crippen LogP contribution in [0.15, 0.2) is 23.1 Å². The smallest absolute Gasteiger partial charge is 0.432 e. The molecule has 1 fully saturated rings. The van der Waals surface area contributed by atoms with Gasteiger partial charge < -0.3 is 13.7 Å². The fourth-order valence-corrected chi connectivity index (χ4v) is 1.88. The number of fused-ring (bicyclic) bond motifs is 1. The van der Waals surface area contributed by atoms with Gasteiger partial charge in [0.05, 0.1) is 16.8 Å². The summed E-state index contributed by atoms with van der Waals surface area (Å²) in [5, 5.41) is 0. The van der Waals surface area contributed by atoms with E-state index in [1.807, 2.05) is 38.3 Å². The zero-order valence-electron chi connectivity index (χ0n) is 10.4. The van der Waals surface area contributed by atoms with E-state index in [0.29, 0.717) is 5.84 Å². The highest BCUT2D eigenvalue weighted by atomic mass is 16.7. The largest absolute Gasteiger partial charge is 0.514 e. The summed E-state index contributed by atoms with van der Waals surface area (Å²) in [7, 11) is -0.410. The molecule has 2 aromatic rings. The van der Waals surface area contributed by atoms with Crippen LogP contribution in [0.1, 0.15) is 27.7 Å². The van der Waals surface area contributed by atoms with Crippen molar-refractivity contribution in [3.05, 3.63) is 18.7 Å². The van der Waals surface area contributed by atoms with E-state index in [-0.39, 0.29) is 11.2 Å². The van der Waals surface area contributed by atoms with Gasteiger partial charge in [0.1, 0.15) is 6.26 Å². The van der Waals surface area contributed by atoms with Gasteiger partial charge in [0, 0.05) is 12.4 Å². The van der Waals surface area contributed by atoms with Gasteiger partial charge in [-0.3, -0.25) is 4.40 Å². The van der Waals surface area contributed by atoms with Gasteiger partial charge in [0.2, 0.25) is 0 Å². The van der Waals surface area contributed by atoms with Crippen molar-refractivity contribution in [2.45, 2.75) is 38.9 Å². The van der Waals surface area contributed by atoms with Gasteiger partial charge in [-0.1, -0.05) is 0 Å². The van der Waals surface area contributed by atoms with Gasteiger partial charge in [-0.15, -0.1) is 0 Å². The van der Waals surface area contributed by atoms with E-state index in [0.717, 1.165) is 5.59 Å². The van der Waals surface area contributed by atoms with E-state index in [1.54, 1.807) is 12.5 Å². The van der Waals surface area contributed by atoms with Crippen LogP contribution in [0.3, 0.4) is 0 Å². The van der Waals surface area contributed by atoms with E-state index in [2.05, 4.69) is 4.98 Å². The minimum Gasteiger partial charge on any atom is -0.432 e. The van der Waals surface area contributed by atoms with Gasteiger partial charge in [0.15, 0.2) is 0 Å². The molecule has 1 aliphatic heterocycles. The lowest BCUT2D eigenvalue weighted by Gasteiger charge is -2.32. The third-order valence-electron chi connectivity index (χ3n) is 3.67. The minimum absolute atomic E-state index is 0.342. The molecule has 1 aliphatic rings. The Morgan fingerprint density at radius 2 is 1.82 bits per heavy atom. The lowest BCUT2D eigenvalue weighted by atomic mass is 9.85. The van der Waals surface area contributed by atoms with Crippen molar-refractivity contribution in [1.82, 2.24) is 9.38 Å². The van der Waals surface area contributed by atoms with E-state index in [4.69, 9.17) is 13.7 Å². The van der Waals surface area contributed by atoms with Crippen LogP contribution in [0.4, 0.5) is 0 Å². The van der Waals surface area contributed by atoms with E-state index < -0.39 is 7.12 Å². The van der Waals surface area contributed by atoms with Crippen LogP contribution in [-0.2, 0) is 9.31 Å². The zero-order chi connectivity index (χ0) is 12.3. The Bertz CT molecular complexity index is 542. The molecule has 3 rings (SSSR count). The molecule has 90 valence electrons. The van der Waals surface area contributed by atoms with Crippen LogP contribution in [0.2, 0.25) is 0 Å². The summed E-state index contributed by atoms with van der Waals surface area (Å²) in [6.45, 7) is 8.11. The van der Waals surface area contributed by atoms with Crippen molar-refractivity contribution in [1.29, 1.82) is 0 Å². The molecule has 0 aromatic carbocycles. The van der Waals surface area contributed by atoms with Crippen molar-refractivity contribution in [3.8, 4) is 0 Å². The van der Waals surface area contributed by atoms with Crippen molar-refractivity contribution >= 4 is 18.6 Å². The molecule has 0 radical (unpaired) electrons. The molecule has 6 heteroatoms. The van der Waals surface area contributed by atoms with Gasteiger partial charge in [-0.2, -0.15) is 0 Å². The second-order valence-corrected chi connectivity index (χ2v) is 5.33. The topological polar surface area (TPSA) is 48.9 Å². The highest BCUT2D eigenvalue weighted by Crippen LogP contribution is 2.36. The summed E-state index contributed by atoms with van der Waals surface area (Å²) >= 11 is 0. The van der Waals surface area contributed by atoms with Crippen LogP contribution in [0.5, 0.6) is 0 Å². The van der Waals surface area contributed by atoms with Gasteiger partial charge in [0.25, 0.3) is 0 Å². The average Bonchev–Trinajstić information content (AvgIpc) is 2.78. The summed E-state index contributed by atoms with van der Waals surface area (Å²) in [4.78, 5) is 4.16. The van der Waals surface area contributed by atoms with Crippen molar-refractivity contribution in [3.63, 3.8) is 0 Å². The summed E-state index contributed by atoms with van der Waals surface area (Å²) in [6, 6.07) is 0. The second-order valence-electron chi connectivity index (χ2n) is 5.33. The molecule has 3 heterocycles. The highest BCUT2D eigenvalue weighted by molar-refractivity contribution is 6.61. The Morgan fingerprint density at radius 3 is 2.47 bits per heavy atom. The van der Waals surface area contributed by atoms with Crippen LogP contribution < -0.4 is 5.59 Å². The molecule has 0 amide bonds. The first kappa shape index (κ1) is 10.9. The van der Waals surface area contributed by atoms with Crippen molar-refractivity contribution in [2.24, 2.45) is 0 Å². The molecule has 0 spiro atoms. The molecule has 0 N–H and O–H groups in total. The summed E-state index contributed by atoms with van der Waals surface area (Å²) < 4.78 is 19.0. The second kappa shape index (κ2) is 3.14. The first-order chi connectivity index (χ1) is 7.91. The number of imidazole rings is 1. The SMILES string of the molecule is CC1(C)OB(c2cnc3occn23)OC1(C)C. The van der Waals surface area contributed by atoms with Crippen molar-refractivity contribution < 1.29 is 13.7 Å². The molecule has 0 unspecified atom stereocenters. The molecule has 1 saturated heterocycles. The van der Waals surface area contributed by atoms with E-state index in [1.165, 1.54) is 0 Å². The highest BCUT2D eigenvalue weighted by Gasteiger charge is 2.52. The monoisotopic (exact) mass is 234 g/mol. The molecule has 0 aliphatic carbocycles. The molecule has 0 saturated carbocycles. The lowest BCUT2D eigenvalue weighted by Crippen LogP contribution is -2.41. The third-order valence-corrected chi connectivity index (χ3v) is 3.67. The predicted octanol–water partition coefficient (Wildman–Crippen LogP) is 1.23. The van der Waals surface area contributed by atoms with Crippen LogP contribution >= 0.6 is 0 Å². The average molecular weight is 234 g/mol. The van der Waals surface area contributed by atoms with E-state index >= 15 is 0 Å². The zero-order valence-corrected chi connectivity index (χ0v) is 10.4. The third kappa shape index (κ3) is 1.44. The van der Waals surface area contributed by atoms with Gasteiger partial charge in [-0.05, 0) is 27.7 Å². The Kier molecular flexibility index (Phi) is 2.01. The Labute approximate surface area is 99.9 Å². The fourth-order valence-electron chi connectivity index (χ4n) is 1.88. The van der Waals surface area contributed by atoms with Gasteiger partial charge in [-0.25, -0.2) is 4.98 Å². The maximum absolute atomic E-state index is 5.96. The van der Waals surface area contributed by atoms with Crippen LogP contribution in [0.25, 0.3) is 5.84 Å². The maximum atomic E-state index is 5.96. The number of aromatic nitrogens is 2. The summed E-state index contributed by atoms with van der Waals surface area (Å²) in [5.41, 5.74) is 0.171. The molecule has 5 nitrogen and oxygen atoms in total. The predicted molar refractivity (Wildman–Crippen MR) is 63.2 cm³/mol. The Morgan fingerprint density at radius 1 is 1.18 bits per heavy atom. The number of hydrogen-bond acceptors (Lipinski definition) is 4. The number of hydrogen-bond donors (Lipinski definition) is 0. The number of oxazole rings is 1.